The molecule has 1 atom stereocenters. The van der Waals surface area contributed by atoms with Crippen molar-refractivity contribution in [2.45, 2.75) is 38.6 Å². The molecule has 3 rings (SSSR count). The first-order chi connectivity index (χ1) is 11.7. The minimum absolute atomic E-state index is 0.0587. The third-order valence-corrected chi connectivity index (χ3v) is 6.12. The maximum Gasteiger partial charge on any atom is 0.322 e. The predicted octanol–water partition coefficient (Wildman–Crippen LogP) is 3.82. The number of hydrogen-bond acceptors (Lipinski definition) is 3. The zero-order valence-corrected chi connectivity index (χ0v) is 15.5. The molecule has 1 unspecified atom stereocenters. The molecule has 24 heavy (non-hydrogen) atoms. The lowest BCUT2D eigenvalue weighted by Crippen LogP contribution is -2.50. The Hall–Kier alpha value is -1.20. The molecular formula is C19H29N3OS. The van der Waals surface area contributed by atoms with Crippen molar-refractivity contribution in [2.24, 2.45) is 0 Å². The van der Waals surface area contributed by atoms with Gasteiger partial charge >= 0.3 is 6.03 Å². The molecule has 2 aliphatic rings. The topological polar surface area (TPSA) is 35.6 Å². The largest absolute Gasteiger partial charge is 0.322 e. The van der Waals surface area contributed by atoms with Crippen molar-refractivity contribution >= 4 is 23.5 Å². The average molecular weight is 348 g/mol. The number of urea groups is 1. The third-order valence-electron chi connectivity index (χ3n) is 4.92. The summed E-state index contributed by atoms with van der Waals surface area (Å²) in [5, 5.41) is 3.09. The SMILES string of the molecule is Cc1ccc(NC(=O)N2CCCSCC2CN2CCCCC2)cc1. The summed E-state index contributed by atoms with van der Waals surface area (Å²) < 4.78 is 0. The first kappa shape index (κ1) is 17.6. The van der Waals surface area contributed by atoms with E-state index in [-0.39, 0.29) is 6.03 Å². The molecule has 132 valence electrons. The van der Waals surface area contributed by atoms with Crippen molar-refractivity contribution in [1.82, 2.24) is 9.80 Å². The van der Waals surface area contributed by atoms with Gasteiger partial charge in [-0.15, -0.1) is 0 Å². The molecule has 2 fully saturated rings. The molecule has 2 heterocycles. The highest BCUT2D eigenvalue weighted by atomic mass is 32.2. The molecular weight excluding hydrogens is 318 g/mol. The molecule has 0 aromatic heterocycles. The van der Waals surface area contributed by atoms with Gasteiger partial charge in [-0.05, 0) is 57.2 Å². The second-order valence-corrected chi connectivity index (χ2v) is 8.08. The van der Waals surface area contributed by atoms with Crippen LogP contribution in [0.1, 0.15) is 31.2 Å². The van der Waals surface area contributed by atoms with Crippen LogP contribution in [-0.4, -0.2) is 59.6 Å². The lowest BCUT2D eigenvalue weighted by Gasteiger charge is -2.35. The number of benzene rings is 1. The first-order valence-corrected chi connectivity index (χ1v) is 10.3. The van der Waals surface area contributed by atoms with E-state index in [1.54, 1.807) is 0 Å². The van der Waals surface area contributed by atoms with Gasteiger partial charge in [0.15, 0.2) is 0 Å². The number of thioether (sulfide) groups is 1. The Morgan fingerprint density at radius 1 is 1.12 bits per heavy atom. The van der Waals surface area contributed by atoms with Crippen molar-refractivity contribution in [3.8, 4) is 0 Å². The lowest BCUT2D eigenvalue weighted by molar-refractivity contribution is 0.151. The second kappa shape index (κ2) is 8.77. The summed E-state index contributed by atoms with van der Waals surface area (Å²) in [5.41, 5.74) is 2.10. The molecule has 1 aromatic carbocycles. The first-order valence-electron chi connectivity index (χ1n) is 9.17. The van der Waals surface area contributed by atoms with Crippen LogP contribution in [0.15, 0.2) is 24.3 Å². The molecule has 0 spiro atoms. The van der Waals surface area contributed by atoms with E-state index in [9.17, 15) is 4.79 Å². The monoisotopic (exact) mass is 347 g/mol. The zero-order chi connectivity index (χ0) is 16.8. The van der Waals surface area contributed by atoms with E-state index in [1.165, 1.54) is 37.9 Å². The second-order valence-electron chi connectivity index (χ2n) is 6.93. The Kier molecular flexibility index (Phi) is 6.44. The predicted molar refractivity (Wildman–Crippen MR) is 103 cm³/mol. The quantitative estimate of drug-likeness (QED) is 0.903. The average Bonchev–Trinajstić information content (AvgIpc) is 2.83. The van der Waals surface area contributed by atoms with E-state index in [4.69, 9.17) is 0 Å². The number of amides is 2. The number of hydrogen-bond donors (Lipinski definition) is 1. The summed E-state index contributed by atoms with van der Waals surface area (Å²) >= 11 is 1.99. The van der Waals surface area contributed by atoms with Crippen LogP contribution in [0, 0.1) is 6.92 Å². The van der Waals surface area contributed by atoms with Crippen molar-refractivity contribution in [3.05, 3.63) is 29.8 Å². The van der Waals surface area contributed by atoms with E-state index in [1.807, 2.05) is 36.0 Å². The Morgan fingerprint density at radius 2 is 1.88 bits per heavy atom. The summed E-state index contributed by atoms with van der Waals surface area (Å²) in [4.78, 5) is 17.5. The van der Waals surface area contributed by atoms with E-state index < -0.39 is 0 Å². The summed E-state index contributed by atoms with van der Waals surface area (Å²) in [6.07, 6.45) is 5.04. The van der Waals surface area contributed by atoms with Gasteiger partial charge in [0.05, 0.1) is 6.04 Å². The van der Waals surface area contributed by atoms with E-state index >= 15 is 0 Å². The van der Waals surface area contributed by atoms with E-state index in [0.717, 1.165) is 36.7 Å². The van der Waals surface area contributed by atoms with Crippen LogP contribution in [-0.2, 0) is 0 Å². The Labute approximate surface area is 150 Å². The number of carbonyl (C=O) groups excluding carboxylic acids is 1. The third kappa shape index (κ3) is 4.90. The van der Waals surface area contributed by atoms with Crippen LogP contribution >= 0.6 is 11.8 Å². The van der Waals surface area contributed by atoms with Crippen LogP contribution in [0.5, 0.6) is 0 Å². The lowest BCUT2D eigenvalue weighted by atomic mass is 10.1. The van der Waals surface area contributed by atoms with Crippen LogP contribution in [0.2, 0.25) is 0 Å². The summed E-state index contributed by atoms with van der Waals surface area (Å²) in [5.74, 6) is 2.21. The summed E-state index contributed by atoms with van der Waals surface area (Å²) in [6.45, 7) is 6.33. The molecule has 0 saturated carbocycles. The molecule has 2 amide bonds. The standard InChI is InChI=1S/C19H29N3OS/c1-16-6-8-17(9-7-16)20-19(23)22-12-5-13-24-15-18(22)14-21-10-3-2-4-11-21/h6-9,18H,2-5,10-15H2,1H3,(H,20,23). The van der Waals surface area contributed by atoms with Crippen LogP contribution in [0.3, 0.4) is 0 Å². The van der Waals surface area contributed by atoms with Crippen LogP contribution in [0.4, 0.5) is 10.5 Å². The highest BCUT2D eigenvalue weighted by molar-refractivity contribution is 7.99. The number of nitrogens with one attached hydrogen (secondary N) is 1. The van der Waals surface area contributed by atoms with Crippen molar-refractivity contribution in [1.29, 1.82) is 0 Å². The van der Waals surface area contributed by atoms with Gasteiger partial charge in [0, 0.05) is 24.5 Å². The van der Waals surface area contributed by atoms with Crippen LogP contribution in [0.25, 0.3) is 0 Å². The van der Waals surface area contributed by atoms with Crippen molar-refractivity contribution in [3.63, 3.8) is 0 Å². The van der Waals surface area contributed by atoms with Gasteiger partial charge in [0.2, 0.25) is 0 Å². The van der Waals surface area contributed by atoms with Gasteiger partial charge in [-0.25, -0.2) is 4.79 Å². The normalized spacial score (nSPS) is 22.9. The fourth-order valence-electron chi connectivity index (χ4n) is 3.52. The molecule has 2 saturated heterocycles. The molecule has 1 aromatic rings. The minimum Gasteiger partial charge on any atom is -0.319 e. The van der Waals surface area contributed by atoms with Gasteiger partial charge in [0.1, 0.15) is 0 Å². The summed E-state index contributed by atoms with van der Waals surface area (Å²) in [6, 6.07) is 8.43. The highest BCUT2D eigenvalue weighted by Gasteiger charge is 2.28. The Balaban J connectivity index is 1.64. The Morgan fingerprint density at radius 3 is 2.62 bits per heavy atom. The zero-order valence-electron chi connectivity index (χ0n) is 14.7. The number of piperidine rings is 1. The smallest absolute Gasteiger partial charge is 0.319 e. The minimum atomic E-state index is 0.0587. The fraction of sp³-hybridized carbons (Fsp3) is 0.632. The summed E-state index contributed by atoms with van der Waals surface area (Å²) in [7, 11) is 0. The number of aryl methyl sites for hydroxylation is 1. The molecule has 2 aliphatic heterocycles. The molecule has 5 heteroatoms. The van der Waals surface area contributed by atoms with Crippen molar-refractivity contribution < 1.29 is 4.79 Å². The van der Waals surface area contributed by atoms with E-state index in [0.29, 0.717) is 6.04 Å². The number of likely N-dealkylation sites (tertiary alicyclic amines) is 1. The van der Waals surface area contributed by atoms with E-state index in [2.05, 4.69) is 22.0 Å². The highest BCUT2D eigenvalue weighted by Crippen LogP contribution is 2.20. The van der Waals surface area contributed by atoms with Gasteiger partial charge in [-0.3, -0.25) is 0 Å². The maximum atomic E-state index is 12.8. The van der Waals surface area contributed by atoms with Crippen molar-refractivity contribution in [2.75, 3.05) is 43.0 Å². The number of nitrogens with zero attached hydrogens (tertiary/aromatic N) is 2. The molecule has 0 aliphatic carbocycles. The molecule has 4 nitrogen and oxygen atoms in total. The number of carbonyl (C=O) groups is 1. The maximum absolute atomic E-state index is 12.8. The molecule has 0 radical (unpaired) electrons. The number of anilines is 1. The van der Waals surface area contributed by atoms with Gasteiger partial charge in [0.25, 0.3) is 0 Å². The molecule has 0 bridgehead atoms. The number of rotatable bonds is 3. The fourth-order valence-corrected chi connectivity index (χ4v) is 4.58. The Bertz CT molecular complexity index is 528. The van der Waals surface area contributed by atoms with Gasteiger partial charge in [-0.2, -0.15) is 11.8 Å². The van der Waals surface area contributed by atoms with Gasteiger partial charge in [-0.1, -0.05) is 24.1 Å². The molecule has 1 N–H and O–H groups in total. The van der Waals surface area contributed by atoms with Crippen LogP contribution < -0.4 is 5.32 Å². The van der Waals surface area contributed by atoms with Gasteiger partial charge < -0.3 is 15.1 Å².